The van der Waals surface area contributed by atoms with Crippen LogP contribution in [-0.4, -0.2) is 86.7 Å². The normalized spacial score (nSPS) is 17.3. The Morgan fingerprint density at radius 3 is 0.909 bits per heavy atom. The maximum Gasteiger partial charge on any atom is 0.243 e. The van der Waals surface area contributed by atoms with Crippen molar-refractivity contribution >= 4 is 31.9 Å². The van der Waals surface area contributed by atoms with Crippen molar-refractivity contribution in [1.82, 2.24) is 19.2 Å². The smallest absolute Gasteiger partial charge is 0.243 e. The molecular formula is C74H82N4O8S2. The molecule has 2 heterocycles. The molecule has 0 saturated carbocycles. The Morgan fingerprint density at radius 2 is 0.636 bits per heavy atom. The van der Waals surface area contributed by atoms with Gasteiger partial charge in [0.15, 0.2) is 0 Å². The number of ether oxygens (including phenoxy) is 2. The number of aryl methyl sites for hydroxylation is 4. The minimum atomic E-state index is -4.24. The average Bonchev–Trinajstić information content (AvgIpc) is 1.90. The highest BCUT2D eigenvalue weighted by Gasteiger charge is 2.46. The van der Waals surface area contributed by atoms with E-state index in [2.05, 4.69) is 59.2 Å². The van der Waals surface area contributed by atoms with Gasteiger partial charge in [0.1, 0.15) is 12.1 Å². The molecule has 2 fully saturated rings. The van der Waals surface area contributed by atoms with E-state index in [0.29, 0.717) is 11.1 Å². The zero-order valence-electron chi connectivity index (χ0n) is 50.1. The van der Waals surface area contributed by atoms with E-state index < -0.39 is 44.3 Å². The van der Waals surface area contributed by atoms with Crippen LogP contribution < -0.4 is 10.6 Å². The molecule has 0 aliphatic carbocycles. The first-order valence-corrected chi connectivity index (χ1v) is 34.1. The number of rotatable bonds is 31. The third-order valence-corrected chi connectivity index (χ3v) is 20.9. The highest BCUT2D eigenvalue weighted by atomic mass is 32.2. The third-order valence-electron chi connectivity index (χ3n) is 17.1. The van der Waals surface area contributed by atoms with Gasteiger partial charge in [0.05, 0.1) is 35.2 Å². The van der Waals surface area contributed by atoms with Crippen LogP contribution in [0.3, 0.4) is 0 Å². The number of carbonyl (C=O) groups excluding carboxylic acids is 2. The molecule has 2 amide bonds. The van der Waals surface area contributed by atoms with Crippen molar-refractivity contribution in [1.29, 1.82) is 0 Å². The van der Waals surface area contributed by atoms with Crippen molar-refractivity contribution in [3.05, 3.63) is 264 Å². The first kappa shape index (κ1) is 63.5. The minimum absolute atomic E-state index is 0.00114. The van der Waals surface area contributed by atoms with Gasteiger partial charge in [0.2, 0.25) is 31.9 Å². The zero-order chi connectivity index (χ0) is 61.0. The van der Waals surface area contributed by atoms with E-state index in [0.717, 1.165) is 88.2 Å². The van der Waals surface area contributed by atoms with E-state index in [9.17, 15) is 26.4 Å². The molecule has 4 unspecified atom stereocenters. The summed E-state index contributed by atoms with van der Waals surface area (Å²) in [7, 11) is -8.48. The molecule has 4 atom stereocenters. The van der Waals surface area contributed by atoms with Crippen molar-refractivity contribution in [2.75, 3.05) is 13.1 Å². The molecule has 458 valence electrons. The fraction of sp³-hybridized carbons (Fsp3) is 0.324. The number of carbonyl (C=O) groups is 2. The van der Waals surface area contributed by atoms with Crippen LogP contribution >= 0.6 is 0 Å². The van der Waals surface area contributed by atoms with Gasteiger partial charge in [0.25, 0.3) is 0 Å². The molecule has 8 aromatic rings. The van der Waals surface area contributed by atoms with Gasteiger partial charge in [-0.05, 0) is 146 Å². The Kier molecular flexibility index (Phi) is 22.8. The van der Waals surface area contributed by atoms with E-state index in [1.54, 1.807) is 24.3 Å². The summed E-state index contributed by atoms with van der Waals surface area (Å²) in [5.41, 5.74) is 8.13. The van der Waals surface area contributed by atoms with Crippen LogP contribution in [0.4, 0.5) is 0 Å². The van der Waals surface area contributed by atoms with E-state index >= 15 is 0 Å². The van der Waals surface area contributed by atoms with Gasteiger partial charge in [0, 0.05) is 38.0 Å². The molecule has 0 radical (unpaired) electrons. The van der Waals surface area contributed by atoms with Crippen LogP contribution in [0.25, 0.3) is 11.1 Å². The van der Waals surface area contributed by atoms with Crippen molar-refractivity contribution in [2.45, 2.75) is 149 Å². The molecule has 88 heavy (non-hydrogen) atoms. The third kappa shape index (κ3) is 17.8. The van der Waals surface area contributed by atoms with Crippen LogP contribution in [0.15, 0.2) is 240 Å². The first-order valence-electron chi connectivity index (χ1n) is 31.3. The number of nitrogens with zero attached hydrogens (tertiary/aromatic N) is 2. The second-order valence-corrected chi connectivity index (χ2v) is 27.2. The predicted molar refractivity (Wildman–Crippen MR) is 348 cm³/mol. The van der Waals surface area contributed by atoms with Gasteiger partial charge in [-0.25, -0.2) is 16.8 Å². The Bertz CT molecular complexity index is 3310. The molecule has 0 bridgehead atoms. The number of hydrogen-bond acceptors (Lipinski definition) is 8. The maximum atomic E-state index is 14.9. The molecule has 8 aromatic carbocycles. The van der Waals surface area contributed by atoms with Crippen LogP contribution in [-0.2, 0) is 78.0 Å². The van der Waals surface area contributed by atoms with Crippen molar-refractivity contribution in [3.63, 3.8) is 0 Å². The fourth-order valence-electron chi connectivity index (χ4n) is 12.2. The molecule has 0 aromatic heterocycles. The number of nitrogens with one attached hydrogen (secondary N) is 2. The lowest BCUT2D eigenvalue weighted by Gasteiger charge is -2.26. The molecule has 10 rings (SSSR count). The van der Waals surface area contributed by atoms with Gasteiger partial charge < -0.3 is 20.1 Å². The van der Waals surface area contributed by atoms with E-state index in [1.807, 2.05) is 133 Å². The molecular weight excluding hydrogens is 1140 g/mol. The van der Waals surface area contributed by atoms with Gasteiger partial charge in [-0.2, -0.15) is 8.61 Å². The second kappa shape index (κ2) is 31.6. The zero-order valence-corrected chi connectivity index (χ0v) is 51.7. The van der Waals surface area contributed by atoms with Crippen molar-refractivity contribution < 1.29 is 35.9 Å². The number of amides is 2. The summed E-state index contributed by atoms with van der Waals surface area (Å²) in [6.07, 6.45) is 9.18. The standard InChI is InChI=1S/C74H82N4O8S2/c79-73(75-65(39-19-35-57-23-7-1-8-24-57)40-20-36-58-25-9-2-10-26-58)71-51-67(85-55-61-31-15-5-16-32-61)53-77(71)87(81,82)69-47-43-63(44-48-69)64-45-49-70(50-46-64)88(83,84)78-54-68(86-56-62-33-17-6-18-34-62)52-72(78)74(80)76-66(41-21-37-59-27-11-3-12-28-59)42-22-38-60-29-13-4-14-30-60/h1-18,23-34,43-50,65-68,71-72H,19-22,35-42,51-56H2,(H,75,79)(H,76,80). The van der Waals surface area contributed by atoms with Gasteiger partial charge >= 0.3 is 0 Å². The number of benzene rings is 8. The van der Waals surface area contributed by atoms with Crippen molar-refractivity contribution in [3.8, 4) is 11.1 Å². The topological polar surface area (TPSA) is 151 Å². The van der Waals surface area contributed by atoms with E-state index in [-0.39, 0.29) is 72.8 Å². The lowest BCUT2D eigenvalue weighted by atomic mass is 9.98. The maximum absolute atomic E-state index is 14.9. The quantitative estimate of drug-likeness (QED) is 0.0436. The number of hydrogen-bond donors (Lipinski definition) is 2. The predicted octanol–water partition coefficient (Wildman–Crippen LogP) is 13.1. The summed E-state index contributed by atoms with van der Waals surface area (Å²) in [6.45, 7) is 0.546. The molecule has 0 spiro atoms. The Balaban J connectivity index is 0.838. The van der Waals surface area contributed by atoms with Crippen molar-refractivity contribution in [2.24, 2.45) is 0 Å². The van der Waals surface area contributed by atoms with E-state index in [4.69, 9.17) is 9.47 Å². The monoisotopic (exact) mass is 1220 g/mol. The molecule has 2 N–H and O–H groups in total. The van der Waals surface area contributed by atoms with Gasteiger partial charge in [-0.3, -0.25) is 9.59 Å². The van der Waals surface area contributed by atoms with Crippen LogP contribution in [0.5, 0.6) is 0 Å². The Labute approximate surface area is 521 Å². The molecule has 2 aliphatic heterocycles. The van der Waals surface area contributed by atoms with Gasteiger partial charge in [-0.1, -0.05) is 206 Å². The molecule has 14 heteroatoms. The van der Waals surface area contributed by atoms with E-state index in [1.165, 1.54) is 55.1 Å². The minimum Gasteiger partial charge on any atom is -0.372 e. The summed E-state index contributed by atoms with van der Waals surface area (Å²) in [5, 5.41) is 6.64. The SMILES string of the molecule is O=C(NC(CCCc1ccccc1)CCCc1ccccc1)C1CC(OCc2ccccc2)CN1S(=O)(=O)c1ccc(-c2ccc(S(=O)(=O)N3CC(OCc4ccccc4)CC3C(=O)NC(CCCc3ccccc3)CCCc3ccccc3)cc2)cc1. The molecule has 2 aliphatic rings. The Hall–Kier alpha value is -7.56. The van der Waals surface area contributed by atoms with Crippen LogP contribution in [0, 0.1) is 0 Å². The highest BCUT2D eigenvalue weighted by Crippen LogP contribution is 2.34. The average molecular weight is 1220 g/mol. The first-order chi connectivity index (χ1) is 42.9. The Morgan fingerprint density at radius 1 is 0.375 bits per heavy atom. The second-order valence-electron chi connectivity index (χ2n) is 23.5. The largest absolute Gasteiger partial charge is 0.372 e. The molecule has 2 saturated heterocycles. The highest BCUT2D eigenvalue weighted by molar-refractivity contribution is 7.89. The van der Waals surface area contributed by atoms with Crippen LogP contribution in [0.2, 0.25) is 0 Å². The lowest BCUT2D eigenvalue weighted by Crippen LogP contribution is -2.48. The fourth-order valence-corrected chi connectivity index (χ4v) is 15.5. The summed E-state index contributed by atoms with van der Waals surface area (Å²) < 4.78 is 74.9. The molecule has 12 nitrogen and oxygen atoms in total. The lowest BCUT2D eigenvalue weighted by molar-refractivity contribution is -0.125. The summed E-state index contributed by atoms with van der Waals surface area (Å²) >= 11 is 0. The number of sulfonamides is 2. The van der Waals surface area contributed by atoms with Crippen LogP contribution in [0.1, 0.15) is 97.6 Å². The summed E-state index contributed by atoms with van der Waals surface area (Å²) in [6, 6.07) is 71.2. The summed E-state index contributed by atoms with van der Waals surface area (Å²) in [5.74, 6) is -0.676. The van der Waals surface area contributed by atoms with Gasteiger partial charge in [-0.15, -0.1) is 0 Å². The summed E-state index contributed by atoms with van der Waals surface area (Å²) in [4.78, 5) is 29.4.